The SMILES string of the molecule is CC(C)c1ncncc1C(=O)N1CCc2ccc(C(=O)O)cc2C1. The summed E-state index contributed by atoms with van der Waals surface area (Å²) in [6, 6.07) is 5.11. The van der Waals surface area contributed by atoms with Crippen LogP contribution in [0.5, 0.6) is 0 Å². The Kier molecular flexibility index (Phi) is 4.29. The third-order valence-corrected chi connectivity index (χ3v) is 4.27. The van der Waals surface area contributed by atoms with Gasteiger partial charge in [0.1, 0.15) is 6.33 Å². The number of aromatic carboxylic acids is 1. The number of amides is 1. The minimum atomic E-state index is -0.959. The summed E-state index contributed by atoms with van der Waals surface area (Å²) in [4.78, 5) is 34.0. The van der Waals surface area contributed by atoms with Gasteiger partial charge in [-0.25, -0.2) is 14.8 Å². The van der Waals surface area contributed by atoms with Gasteiger partial charge in [-0.3, -0.25) is 4.79 Å². The summed E-state index contributed by atoms with van der Waals surface area (Å²) in [6.45, 7) is 4.99. The number of carbonyl (C=O) groups excluding carboxylic acids is 1. The second kappa shape index (κ2) is 6.39. The number of carboxylic acids is 1. The van der Waals surface area contributed by atoms with E-state index in [1.165, 1.54) is 6.33 Å². The summed E-state index contributed by atoms with van der Waals surface area (Å²) in [6.07, 6.45) is 3.73. The van der Waals surface area contributed by atoms with Gasteiger partial charge in [-0.05, 0) is 35.6 Å². The lowest BCUT2D eigenvalue weighted by atomic mass is 9.96. The van der Waals surface area contributed by atoms with Crippen molar-refractivity contribution in [3.05, 3.63) is 58.7 Å². The number of carboxylic acid groups (broad SMARTS) is 1. The summed E-state index contributed by atoms with van der Waals surface area (Å²) in [5, 5.41) is 9.14. The maximum atomic E-state index is 12.9. The van der Waals surface area contributed by atoms with E-state index in [4.69, 9.17) is 5.11 Å². The fraction of sp³-hybridized carbons (Fsp3) is 0.333. The largest absolute Gasteiger partial charge is 0.478 e. The molecule has 0 spiro atoms. The Morgan fingerprint density at radius 3 is 2.75 bits per heavy atom. The van der Waals surface area contributed by atoms with Gasteiger partial charge in [0.2, 0.25) is 0 Å². The lowest BCUT2D eigenvalue weighted by molar-refractivity contribution is 0.0696. The van der Waals surface area contributed by atoms with Gasteiger partial charge in [0, 0.05) is 19.3 Å². The molecule has 1 amide bonds. The Morgan fingerprint density at radius 2 is 2.04 bits per heavy atom. The quantitative estimate of drug-likeness (QED) is 0.937. The van der Waals surface area contributed by atoms with Gasteiger partial charge in [0.15, 0.2) is 0 Å². The normalized spacial score (nSPS) is 13.7. The molecule has 2 heterocycles. The van der Waals surface area contributed by atoms with E-state index < -0.39 is 5.97 Å². The van der Waals surface area contributed by atoms with Crippen molar-refractivity contribution in [1.82, 2.24) is 14.9 Å². The minimum Gasteiger partial charge on any atom is -0.478 e. The molecule has 1 aromatic heterocycles. The first kappa shape index (κ1) is 16.1. The first-order chi connectivity index (χ1) is 11.5. The highest BCUT2D eigenvalue weighted by Gasteiger charge is 2.25. The smallest absolute Gasteiger partial charge is 0.335 e. The molecule has 0 saturated heterocycles. The van der Waals surface area contributed by atoms with Crippen molar-refractivity contribution in [3.63, 3.8) is 0 Å². The molecule has 0 unspecified atom stereocenters. The van der Waals surface area contributed by atoms with Gasteiger partial charge in [0.25, 0.3) is 5.91 Å². The van der Waals surface area contributed by atoms with Crippen molar-refractivity contribution in [2.75, 3.05) is 6.54 Å². The monoisotopic (exact) mass is 325 g/mol. The number of rotatable bonds is 3. The molecule has 0 bridgehead atoms. The minimum absolute atomic E-state index is 0.106. The second-order valence-corrected chi connectivity index (χ2v) is 6.24. The fourth-order valence-electron chi connectivity index (χ4n) is 3.00. The van der Waals surface area contributed by atoms with Crippen LogP contribution in [0.3, 0.4) is 0 Å². The van der Waals surface area contributed by atoms with E-state index in [0.29, 0.717) is 25.1 Å². The van der Waals surface area contributed by atoms with E-state index >= 15 is 0 Å². The van der Waals surface area contributed by atoms with Crippen LogP contribution in [0, 0.1) is 0 Å². The summed E-state index contributed by atoms with van der Waals surface area (Å²) in [7, 11) is 0. The van der Waals surface area contributed by atoms with Gasteiger partial charge in [-0.2, -0.15) is 0 Å². The molecule has 124 valence electrons. The van der Waals surface area contributed by atoms with Gasteiger partial charge >= 0.3 is 5.97 Å². The molecule has 0 fully saturated rings. The molecule has 0 aliphatic carbocycles. The van der Waals surface area contributed by atoms with Crippen molar-refractivity contribution < 1.29 is 14.7 Å². The standard InChI is InChI=1S/C18H19N3O3/c1-11(2)16-15(8-19-10-20-16)17(22)21-6-5-12-3-4-13(18(23)24)7-14(12)9-21/h3-4,7-8,10-11H,5-6,9H2,1-2H3,(H,23,24). The molecule has 0 radical (unpaired) electrons. The third-order valence-electron chi connectivity index (χ3n) is 4.27. The van der Waals surface area contributed by atoms with E-state index in [9.17, 15) is 9.59 Å². The summed E-state index contributed by atoms with van der Waals surface area (Å²) in [5.41, 5.74) is 3.48. The average molecular weight is 325 g/mol. The van der Waals surface area contributed by atoms with Crippen LogP contribution in [0.1, 0.15) is 57.3 Å². The number of carbonyl (C=O) groups is 2. The van der Waals surface area contributed by atoms with Gasteiger partial charge in [0.05, 0.1) is 16.8 Å². The van der Waals surface area contributed by atoms with E-state index in [1.807, 2.05) is 19.9 Å². The zero-order valence-corrected chi connectivity index (χ0v) is 13.7. The molecule has 1 aliphatic heterocycles. The Morgan fingerprint density at radius 1 is 1.25 bits per heavy atom. The number of nitrogens with zero attached hydrogens (tertiary/aromatic N) is 3. The zero-order chi connectivity index (χ0) is 17.3. The van der Waals surface area contributed by atoms with E-state index in [1.54, 1.807) is 23.2 Å². The molecular formula is C18H19N3O3. The van der Waals surface area contributed by atoms with E-state index in [2.05, 4.69) is 9.97 Å². The second-order valence-electron chi connectivity index (χ2n) is 6.24. The molecular weight excluding hydrogens is 306 g/mol. The molecule has 0 saturated carbocycles. The first-order valence-electron chi connectivity index (χ1n) is 7.91. The third kappa shape index (κ3) is 2.99. The number of aromatic nitrogens is 2. The van der Waals surface area contributed by atoms with Crippen LogP contribution >= 0.6 is 0 Å². The lowest BCUT2D eigenvalue weighted by Crippen LogP contribution is -2.36. The molecule has 24 heavy (non-hydrogen) atoms. The van der Waals surface area contributed by atoms with Gasteiger partial charge < -0.3 is 10.0 Å². The molecule has 6 nitrogen and oxygen atoms in total. The van der Waals surface area contributed by atoms with Crippen molar-refractivity contribution in [3.8, 4) is 0 Å². The number of benzene rings is 1. The summed E-state index contributed by atoms with van der Waals surface area (Å²) < 4.78 is 0. The fourth-order valence-corrected chi connectivity index (χ4v) is 3.00. The van der Waals surface area contributed by atoms with Crippen molar-refractivity contribution in [1.29, 1.82) is 0 Å². The number of hydrogen-bond acceptors (Lipinski definition) is 4. The summed E-state index contributed by atoms with van der Waals surface area (Å²) >= 11 is 0. The molecule has 3 rings (SSSR count). The van der Waals surface area contributed by atoms with Crippen LogP contribution in [0.25, 0.3) is 0 Å². The topological polar surface area (TPSA) is 83.4 Å². The highest BCUT2D eigenvalue weighted by atomic mass is 16.4. The molecule has 6 heteroatoms. The van der Waals surface area contributed by atoms with Crippen LogP contribution in [0.4, 0.5) is 0 Å². The van der Waals surface area contributed by atoms with Gasteiger partial charge in [-0.15, -0.1) is 0 Å². The maximum Gasteiger partial charge on any atom is 0.335 e. The van der Waals surface area contributed by atoms with E-state index in [-0.39, 0.29) is 17.4 Å². The van der Waals surface area contributed by atoms with E-state index in [0.717, 1.165) is 16.8 Å². The van der Waals surface area contributed by atoms with Crippen LogP contribution in [0.15, 0.2) is 30.7 Å². The molecule has 0 atom stereocenters. The maximum absolute atomic E-state index is 12.9. The van der Waals surface area contributed by atoms with Crippen LogP contribution in [0.2, 0.25) is 0 Å². The number of fused-ring (bicyclic) bond motifs is 1. The Labute approximate surface area is 140 Å². The average Bonchev–Trinajstić information content (AvgIpc) is 2.60. The molecule has 1 aromatic carbocycles. The lowest BCUT2D eigenvalue weighted by Gasteiger charge is -2.29. The first-order valence-corrected chi connectivity index (χ1v) is 7.91. The van der Waals surface area contributed by atoms with Crippen LogP contribution in [-0.4, -0.2) is 38.4 Å². The molecule has 1 aliphatic rings. The number of hydrogen-bond donors (Lipinski definition) is 1. The molecule has 2 aromatic rings. The predicted molar refractivity (Wildman–Crippen MR) is 88.0 cm³/mol. The van der Waals surface area contributed by atoms with Crippen molar-refractivity contribution in [2.24, 2.45) is 0 Å². The Hall–Kier alpha value is -2.76. The Balaban J connectivity index is 1.89. The highest BCUT2D eigenvalue weighted by Crippen LogP contribution is 2.24. The van der Waals surface area contributed by atoms with Crippen LogP contribution in [-0.2, 0) is 13.0 Å². The molecule has 1 N–H and O–H groups in total. The van der Waals surface area contributed by atoms with Crippen molar-refractivity contribution in [2.45, 2.75) is 32.7 Å². The Bertz CT molecular complexity index is 802. The van der Waals surface area contributed by atoms with Crippen LogP contribution < -0.4 is 0 Å². The zero-order valence-electron chi connectivity index (χ0n) is 13.7. The highest BCUT2D eigenvalue weighted by molar-refractivity contribution is 5.95. The van der Waals surface area contributed by atoms with Crippen molar-refractivity contribution >= 4 is 11.9 Å². The van der Waals surface area contributed by atoms with Gasteiger partial charge in [-0.1, -0.05) is 19.9 Å². The predicted octanol–water partition coefficient (Wildman–Crippen LogP) is 2.50. The summed E-state index contributed by atoms with van der Waals surface area (Å²) in [5.74, 6) is -0.937.